The van der Waals surface area contributed by atoms with Crippen LogP contribution in [0.4, 0.5) is 0 Å². The van der Waals surface area contributed by atoms with Gasteiger partial charge in [-0.25, -0.2) is 4.79 Å². The van der Waals surface area contributed by atoms with Crippen LogP contribution in [0.3, 0.4) is 0 Å². The molecule has 5 nitrogen and oxygen atoms in total. The van der Waals surface area contributed by atoms with Crippen molar-refractivity contribution in [2.75, 3.05) is 7.11 Å². The summed E-state index contributed by atoms with van der Waals surface area (Å²) in [4.78, 5) is 11.0. The Morgan fingerprint density at radius 1 is 1.47 bits per heavy atom. The summed E-state index contributed by atoms with van der Waals surface area (Å²) >= 11 is 0. The summed E-state index contributed by atoms with van der Waals surface area (Å²) in [5.74, 6) is -0.364. The number of carboxylic acids is 1. The predicted molar refractivity (Wildman–Crippen MR) is 62.3 cm³/mol. The number of carboxylic acid groups (broad SMARTS) is 1. The highest BCUT2D eigenvalue weighted by Gasteiger charge is 2.17. The van der Waals surface area contributed by atoms with Crippen molar-refractivity contribution in [2.24, 2.45) is 0 Å². The van der Waals surface area contributed by atoms with Crippen LogP contribution in [0.1, 0.15) is 15.9 Å². The zero-order valence-corrected chi connectivity index (χ0v) is 9.52. The summed E-state index contributed by atoms with van der Waals surface area (Å²) in [5, 5.41) is 15.5. The summed E-state index contributed by atoms with van der Waals surface area (Å²) in [6, 6.07) is 5.55. The Balaban J connectivity index is 2.64. The number of H-pyrrole nitrogens is 1. The Hall–Kier alpha value is -2.30. The van der Waals surface area contributed by atoms with Crippen molar-refractivity contribution in [1.82, 2.24) is 10.2 Å². The Bertz CT molecular complexity index is 561. The molecule has 0 unspecified atom stereocenters. The monoisotopic (exact) mass is 232 g/mol. The van der Waals surface area contributed by atoms with E-state index in [1.165, 1.54) is 6.20 Å². The van der Waals surface area contributed by atoms with Crippen molar-refractivity contribution < 1.29 is 14.6 Å². The number of aryl methyl sites for hydroxylation is 1. The molecule has 2 rings (SSSR count). The van der Waals surface area contributed by atoms with E-state index in [1.54, 1.807) is 13.2 Å². The zero-order valence-electron chi connectivity index (χ0n) is 9.52. The molecule has 0 fully saturated rings. The van der Waals surface area contributed by atoms with Crippen LogP contribution < -0.4 is 4.74 Å². The first-order chi connectivity index (χ1) is 8.15. The quantitative estimate of drug-likeness (QED) is 0.849. The number of ether oxygens (including phenoxy) is 1. The van der Waals surface area contributed by atoms with Gasteiger partial charge in [-0.3, -0.25) is 5.10 Å². The minimum absolute atomic E-state index is 0.133. The highest BCUT2D eigenvalue weighted by atomic mass is 16.5. The number of benzene rings is 1. The van der Waals surface area contributed by atoms with Crippen LogP contribution in [0.2, 0.25) is 0 Å². The first-order valence-corrected chi connectivity index (χ1v) is 5.05. The first-order valence-electron chi connectivity index (χ1n) is 5.05. The van der Waals surface area contributed by atoms with E-state index in [9.17, 15) is 4.79 Å². The second-order valence-corrected chi connectivity index (χ2v) is 3.62. The lowest BCUT2D eigenvalue weighted by Crippen LogP contribution is -1.98. The van der Waals surface area contributed by atoms with Crippen molar-refractivity contribution in [3.63, 3.8) is 0 Å². The van der Waals surface area contributed by atoms with Crippen LogP contribution in [-0.2, 0) is 0 Å². The lowest BCUT2D eigenvalue weighted by Gasteiger charge is -2.10. The second kappa shape index (κ2) is 4.29. The van der Waals surface area contributed by atoms with Gasteiger partial charge in [0.05, 0.1) is 19.0 Å². The fraction of sp³-hybridized carbons (Fsp3) is 0.167. The predicted octanol–water partition coefficient (Wildman–Crippen LogP) is 2.09. The molecular weight excluding hydrogens is 220 g/mol. The molecule has 0 aliphatic rings. The van der Waals surface area contributed by atoms with E-state index in [0.717, 1.165) is 5.56 Å². The van der Waals surface area contributed by atoms with E-state index < -0.39 is 5.97 Å². The fourth-order valence-electron chi connectivity index (χ4n) is 1.77. The van der Waals surface area contributed by atoms with Crippen molar-refractivity contribution in [3.8, 4) is 17.0 Å². The average Bonchev–Trinajstić information content (AvgIpc) is 2.77. The average molecular weight is 232 g/mol. The number of rotatable bonds is 3. The van der Waals surface area contributed by atoms with Crippen molar-refractivity contribution in [2.45, 2.75) is 6.92 Å². The van der Waals surface area contributed by atoms with Gasteiger partial charge < -0.3 is 9.84 Å². The molecule has 2 aromatic rings. The van der Waals surface area contributed by atoms with Gasteiger partial charge >= 0.3 is 5.97 Å². The minimum atomic E-state index is -1.02. The van der Waals surface area contributed by atoms with E-state index in [0.29, 0.717) is 17.0 Å². The number of hydrogen-bond donors (Lipinski definition) is 2. The van der Waals surface area contributed by atoms with Gasteiger partial charge in [0.15, 0.2) is 0 Å². The number of para-hydroxylation sites is 1. The summed E-state index contributed by atoms with van der Waals surface area (Å²) in [5.41, 5.74) is 2.23. The molecule has 5 heteroatoms. The van der Waals surface area contributed by atoms with Gasteiger partial charge in [0, 0.05) is 5.56 Å². The molecule has 0 radical (unpaired) electrons. The molecule has 2 N–H and O–H groups in total. The third-order valence-corrected chi connectivity index (χ3v) is 2.56. The molecule has 0 bridgehead atoms. The van der Waals surface area contributed by atoms with Crippen LogP contribution in [0.5, 0.6) is 5.75 Å². The zero-order chi connectivity index (χ0) is 12.4. The summed E-state index contributed by atoms with van der Waals surface area (Å²) in [6.45, 7) is 1.90. The smallest absolute Gasteiger partial charge is 0.339 e. The number of aromatic amines is 1. The maximum atomic E-state index is 11.0. The molecule has 0 aliphatic heterocycles. The van der Waals surface area contributed by atoms with Gasteiger partial charge in [-0.1, -0.05) is 12.1 Å². The van der Waals surface area contributed by atoms with Gasteiger partial charge in [0.1, 0.15) is 11.3 Å². The number of nitrogens with zero attached hydrogens (tertiary/aromatic N) is 1. The van der Waals surface area contributed by atoms with Crippen molar-refractivity contribution in [1.29, 1.82) is 0 Å². The van der Waals surface area contributed by atoms with Gasteiger partial charge in [0.25, 0.3) is 0 Å². The molecule has 0 saturated carbocycles. The minimum Gasteiger partial charge on any atom is -0.496 e. The fourth-order valence-corrected chi connectivity index (χ4v) is 1.77. The topological polar surface area (TPSA) is 75.2 Å². The number of aromatic nitrogens is 2. The number of nitrogens with one attached hydrogen (secondary N) is 1. The molecule has 0 aliphatic carbocycles. The Labute approximate surface area is 98.0 Å². The molecule has 0 atom stereocenters. The number of carbonyl (C=O) groups is 1. The van der Waals surface area contributed by atoms with E-state index >= 15 is 0 Å². The second-order valence-electron chi connectivity index (χ2n) is 3.62. The van der Waals surface area contributed by atoms with Gasteiger partial charge in [-0.05, 0) is 18.6 Å². The maximum Gasteiger partial charge on any atom is 0.339 e. The molecule has 17 heavy (non-hydrogen) atoms. The van der Waals surface area contributed by atoms with Crippen LogP contribution in [0.25, 0.3) is 11.3 Å². The Morgan fingerprint density at radius 2 is 2.24 bits per heavy atom. The molecule has 1 aromatic carbocycles. The summed E-state index contributed by atoms with van der Waals surface area (Å²) in [6.07, 6.45) is 1.29. The van der Waals surface area contributed by atoms with Crippen LogP contribution in [0, 0.1) is 6.92 Å². The summed E-state index contributed by atoms with van der Waals surface area (Å²) in [7, 11) is 1.56. The van der Waals surface area contributed by atoms with E-state index in [-0.39, 0.29) is 5.56 Å². The highest BCUT2D eigenvalue weighted by Crippen LogP contribution is 2.33. The SMILES string of the molecule is COc1c(C)cccc1-c1[nH]ncc1C(=O)O. The number of hydrogen-bond acceptors (Lipinski definition) is 3. The Kier molecular flexibility index (Phi) is 2.82. The van der Waals surface area contributed by atoms with Gasteiger partial charge in [-0.2, -0.15) is 5.10 Å². The largest absolute Gasteiger partial charge is 0.496 e. The highest BCUT2D eigenvalue weighted by molar-refractivity contribution is 5.95. The van der Waals surface area contributed by atoms with Crippen LogP contribution in [-0.4, -0.2) is 28.4 Å². The number of methoxy groups -OCH3 is 1. The lowest BCUT2D eigenvalue weighted by molar-refractivity contribution is 0.0698. The maximum absolute atomic E-state index is 11.0. The van der Waals surface area contributed by atoms with Crippen molar-refractivity contribution in [3.05, 3.63) is 35.5 Å². The number of aromatic carboxylic acids is 1. The van der Waals surface area contributed by atoms with Crippen LogP contribution in [0.15, 0.2) is 24.4 Å². The molecule has 1 aromatic heterocycles. The van der Waals surface area contributed by atoms with Crippen molar-refractivity contribution >= 4 is 5.97 Å². The Morgan fingerprint density at radius 3 is 2.88 bits per heavy atom. The van der Waals surface area contributed by atoms with Gasteiger partial charge in [0.2, 0.25) is 0 Å². The molecule has 0 saturated heterocycles. The third kappa shape index (κ3) is 1.87. The molecule has 0 spiro atoms. The van der Waals surface area contributed by atoms with E-state index in [2.05, 4.69) is 10.2 Å². The normalized spacial score (nSPS) is 10.2. The molecule has 88 valence electrons. The van der Waals surface area contributed by atoms with E-state index in [4.69, 9.17) is 9.84 Å². The summed E-state index contributed by atoms with van der Waals surface area (Å²) < 4.78 is 5.29. The van der Waals surface area contributed by atoms with E-state index in [1.807, 2.05) is 19.1 Å². The lowest BCUT2D eigenvalue weighted by atomic mass is 10.0. The molecular formula is C12H12N2O3. The van der Waals surface area contributed by atoms with Crippen LogP contribution >= 0.6 is 0 Å². The first kappa shape index (κ1) is 11.2. The third-order valence-electron chi connectivity index (χ3n) is 2.56. The van der Waals surface area contributed by atoms with Gasteiger partial charge in [-0.15, -0.1) is 0 Å². The molecule has 1 heterocycles. The standard InChI is InChI=1S/C12H12N2O3/c1-7-4-3-5-8(11(7)17-2)10-9(12(15)16)6-13-14-10/h3-6H,1-2H3,(H,13,14)(H,15,16). The molecule has 0 amide bonds.